The van der Waals surface area contributed by atoms with Crippen LogP contribution >= 0.6 is 0 Å². The van der Waals surface area contributed by atoms with Gasteiger partial charge < -0.3 is 10.1 Å². The van der Waals surface area contributed by atoms with Gasteiger partial charge in [0.05, 0.1) is 19.3 Å². The van der Waals surface area contributed by atoms with Crippen LogP contribution in [0, 0.1) is 0 Å². The molecule has 1 fully saturated rings. The molecule has 156 valence electrons. The van der Waals surface area contributed by atoms with Gasteiger partial charge in [0.1, 0.15) is 0 Å². The van der Waals surface area contributed by atoms with Gasteiger partial charge in [0.15, 0.2) is 0 Å². The molecule has 4 nitrogen and oxygen atoms in total. The van der Waals surface area contributed by atoms with Gasteiger partial charge in [-0.25, -0.2) is 0 Å². The quantitative estimate of drug-likeness (QED) is 0.616. The van der Waals surface area contributed by atoms with Gasteiger partial charge in [0.25, 0.3) is 0 Å². The Kier molecular flexibility index (Phi) is 8.72. The Balaban J connectivity index is 1.48. The van der Waals surface area contributed by atoms with Gasteiger partial charge in [-0.15, -0.1) is 0 Å². The van der Waals surface area contributed by atoms with Crippen LogP contribution in [0.4, 0.5) is 0 Å². The summed E-state index contributed by atoms with van der Waals surface area (Å²) in [5.74, 6) is 0.154. The molecule has 0 saturated carbocycles. The van der Waals surface area contributed by atoms with Crippen LogP contribution < -0.4 is 5.32 Å². The van der Waals surface area contributed by atoms with Gasteiger partial charge in [-0.2, -0.15) is 0 Å². The Hall–Kier alpha value is -2.17. The summed E-state index contributed by atoms with van der Waals surface area (Å²) in [7, 11) is 0. The third-order valence-electron chi connectivity index (χ3n) is 5.71. The smallest absolute Gasteiger partial charge is 0.220 e. The van der Waals surface area contributed by atoms with Gasteiger partial charge in [-0.3, -0.25) is 9.69 Å². The fraction of sp³-hybridized carbons (Fsp3) is 0.480. The molecule has 1 amide bonds. The average molecular weight is 395 g/mol. The first-order chi connectivity index (χ1) is 14.3. The highest BCUT2D eigenvalue weighted by molar-refractivity contribution is 5.75. The molecule has 1 N–H and O–H groups in total. The molecule has 3 rings (SSSR count). The van der Waals surface area contributed by atoms with E-state index < -0.39 is 0 Å². The molecule has 0 bridgehead atoms. The van der Waals surface area contributed by atoms with Crippen molar-refractivity contribution in [2.24, 2.45) is 0 Å². The summed E-state index contributed by atoms with van der Waals surface area (Å²) in [6, 6.07) is 19.5. The standard InChI is InChI=1S/C25H34N2O2/c1-2-21-12-14-23(15-13-21)24(27-16-18-29-19-17-27)20-26-25(28)11-7-6-10-22-8-4-3-5-9-22/h3-5,8-9,12-15,24H,2,6-7,10-11,16-20H2,1H3,(H,26,28). The van der Waals surface area contributed by atoms with E-state index in [9.17, 15) is 4.79 Å². The lowest BCUT2D eigenvalue weighted by atomic mass is 10.0. The lowest BCUT2D eigenvalue weighted by Gasteiger charge is -2.35. The highest BCUT2D eigenvalue weighted by Gasteiger charge is 2.23. The highest BCUT2D eigenvalue weighted by Crippen LogP contribution is 2.22. The van der Waals surface area contributed by atoms with Gasteiger partial charge in [0, 0.05) is 26.1 Å². The molecule has 29 heavy (non-hydrogen) atoms. The van der Waals surface area contributed by atoms with Crippen LogP contribution in [0.15, 0.2) is 54.6 Å². The molecule has 1 aliphatic rings. The van der Waals surface area contributed by atoms with Crippen LogP contribution in [0.3, 0.4) is 0 Å². The van der Waals surface area contributed by atoms with Crippen molar-refractivity contribution in [2.75, 3.05) is 32.8 Å². The normalized spacial score (nSPS) is 15.8. The van der Waals surface area contributed by atoms with Crippen LogP contribution in [-0.2, 0) is 22.4 Å². The Morgan fingerprint density at radius 1 is 1.00 bits per heavy atom. The summed E-state index contributed by atoms with van der Waals surface area (Å²) in [6.45, 7) is 6.17. The summed E-state index contributed by atoms with van der Waals surface area (Å²) in [5, 5.41) is 3.18. The minimum Gasteiger partial charge on any atom is -0.379 e. The zero-order valence-corrected chi connectivity index (χ0v) is 17.6. The van der Waals surface area contributed by atoms with Crippen molar-refractivity contribution in [1.82, 2.24) is 10.2 Å². The fourth-order valence-corrected chi connectivity index (χ4v) is 3.88. The molecular weight excluding hydrogens is 360 g/mol. The SMILES string of the molecule is CCc1ccc(C(CNC(=O)CCCCc2ccccc2)N2CCOCC2)cc1. The van der Waals surface area contributed by atoms with E-state index in [0.29, 0.717) is 13.0 Å². The molecule has 4 heteroatoms. The number of rotatable bonds is 10. The first-order valence-corrected chi connectivity index (χ1v) is 11.0. The molecule has 1 unspecified atom stereocenters. The fourth-order valence-electron chi connectivity index (χ4n) is 3.88. The van der Waals surface area contributed by atoms with E-state index in [1.165, 1.54) is 16.7 Å². The molecule has 0 spiro atoms. The van der Waals surface area contributed by atoms with Crippen LogP contribution in [0.1, 0.15) is 48.9 Å². The Morgan fingerprint density at radius 2 is 1.72 bits per heavy atom. The molecular formula is C25H34N2O2. The van der Waals surface area contributed by atoms with Gasteiger partial charge in [-0.1, -0.05) is 61.5 Å². The molecule has 1 aliphatic heterocycles. The van der Waals surface area contributed by atoms with Crippen molar-refractivity contribution in [2.45, 2.75) is 45.1 Å². The summed E-state index contributed by atoms with van der Waals surface area (Å²) in [6.07, 6.45) is 4.64. The Bertz CT molecular complexity index is 724. The van der Waals surface area contributed by atoms with Crippen molar-refractivity contribution < 1.29 is 9.53 Å². The third kappa shape index (κ3) is 6.98. The van der Waals surface area contributed by atoms with Gasteiger partial charge in [0.2, 0.25) is 5.91 Å². The average Bonchev–Trinajstić information content (AvgIpc) is 2.79. The van der Waals surface area contributed by atoms with E-state index >= 15 is 0 Å². The number of carbonyl (C=O) groups is 1. The minimum absolute atomic E-state index is 0.154. The van der Waals surface area contributed by atoms with Crippen LogP contribution in [0.2, 0.25) is 0 Å². The van der Waals surface area contributed by atoms with Crippen molar-refractivity contribution in [1.29, 1.82) is 0 Å². The summed E-state index contributed by atoms with van der Waals surface area (Å²) in [4.78, 5) is 14.8. The summed E-state index contributed by atoms with van der Waals surface area (Å²) >= 11 is 0. The zero-order valence-electron chi connectivity index (χ0n) is 17.6. The van der Waals surface area contributed by atoms with E-state index in [1.54, 1.807) is 0 Å². The second-order valence-corrected chi connectivity index (χ2v) is 7.76. The van der Waals surface area contributed by atoms with Gasteiger partial charge in [-0.05, 0) is 42.4 Å². The van der Waals surface area contributed by atoms with E-state index in [0.717, 1.165) is 52.0 Å². The number of aryl methyl sites for hydroxylation is 2. The number of benzene rings is 2. The second kappa shape index (κ2) is 11.7. The van der Waals surface area contributed by atoms with E-state index in [4.69, 9.17) is 4.74 Å². The maximum Gasteiger partial charge on any atom is 0.220 e. The Morgan fingerprint density at radius 3 is 2.41 bits per heavy atom. The van der Waals surface area contributed by atoms with Crippen LogP contribution in [0.25, 0.3) is 0 Å². The number of ether oxygens (including phenoxy) is 1. The molecule has 0 aromatic heterocycles. The molecule has 1 saturated heterocycles. The number of nitrogens with one attached hydrogen (secondary N) is 1. The molecule has 2 aromatic rings. The van der Waals surface area contributed by atoms with E-state index in [1.807, 2.05) is 6.07 Å². The zero-order chi connectivity index (χ0) is 20.3. The predicted octanol–water partition coefficient (Wildman–Crippen LogP) is 4.15. The third-order valence-corrected chi connectivity index (χ3v) is 5.71. The summed E-state index contributed by atoms with van der Waals surface area (Å²) < 4.78 is 5.52. The first-order valence-electron chi connectivity index (χ1n) is 11.0. The monoisotopic (exact) mass is 394 g/mol. The molecule has 2 aromatic carbocycles. The van der Waals surface area contributed by atoms with Crippen LogP contribution in [-0.4, -0.2) is 43.7 Å². The highest BCUT2D eigenvalue weighted by atomic mass is 16.5. The number of amides is 1. The van der Waals surface area contributed by atoms with E-state index in [2.05, 4.69) is 65.7 Å². The summed E-state index contributed by atoms with van der Waals surface area (Å²) in [5.41, 5.74) is 3.96. The number of carbonyl (C=O) groups excluding carboxylic acids is 1. The van der Waals surface area contributed by atoms with Gasteiger partial charge >= 0.3 is 0 Å². The first kappa shape index (κ1) is 21.5. The predicted molar refractivity (Wildman–Crippen MR) is 118 cm³/mol. The number of hydrogen-bond acceptors (Lipinski definition) is 3. The maximum absolute atomic E-state index is 12.4. The van der Waals surface area contributed by atoms with E-state index in [-0.39, 0.29) is 11.9 Å². The number of morpholine rings is 1. The topological polar surface area (TPSA) is 41.6 Å². The minimum atomic E-state index is 0.154. The van der Waals surface area contributed by atoms with Crippen molar-refractivity contribution in [3.63, 3.8) is 0 Å². The molecule has 1 atom stereocenters. The lowest BCUT2D eigenvalue weighted by Crippen LogP contribution is -2.43. The number of unbranched alkanes of at least 4 members (excludes halogenated alkanes) is 1. The van der Waals surface area contributed by atoms with Crippen molar-refractivity contribution >= 4 is 5.91 Å². The number of hydrogen-bond donors (Lipinski definition) is 1. The largest absolute Gasteiger partial charge is 0.379 e. The van der Waals surface area contributed by atoms with Crippen molar-refractivity contribution in [3.8, 4) is 0 Å². The van der Waals surface area contributed by atoms with Crippen LogP contribution in [0.5, 0.6) is 0 Å². The maximum atomic E-state index is 12.4. The second-order valence-electron chi connectivity index (χ2n) is 7.76. The lowest BCUT2D eigenvalue weighted by molar-refractivity contribution is -0.121. The molecule has 1 heterocycles. The number of nitrogens with zero attached hydrogens (tertiary/aromatic N) is 1. The Labute approximate surface area is 175 Å². The molecule has 0 aliphatic carbocycles. The molecule has 0 radical (unpaired) electrons. The van der Waals surface area contributed by atoms with Crippen molar-refractivity contribution in [3.05, 3.63) is 71.3 Å².